The molecule has 1 heterocycles. The highest BCUT2D eigenvalue weighted by Crippen LogP contribution is 2.29. The lowest BCUT2D eigenvalue weighted by molar-refractivity contribution is 0.284. The van der Waals surface area contributed by atoms with Crippen LogP contribution in [0.1, 0.15) is 25.3 Å². The first-order valence-electron chi connectivity index (χ1n) is 10.8. The first-order valence-corrected chi connectivity index (χ1v) is 11.2. The molecule has 0 atom stereocenters. The zero-order chi connectivity index (χ0) is 22.3. The van der Waals surface area contributed by atoms with E-state index in [1.54, 1.807) is 7.11 Å². The summed E-state index contributed by atoms with van der Waals surface area (Å²) in [7, 11) is 1.67. The number of ether oxygens (including phenoxy) is 2. The van der Waals surface area contributed by atoms with E-state index in [1.807, 2.05) is 67.6 Å². The molecule has 0 saturated heterocycles. The highest BCUT2D eigenvalue weighted by Gasteiger charge is 2.12. The Bertz CT molecular complexity index is 1230. The van der Waals surface area contributed by atoms with Crippen LogP contribution in [0.25, 0.3) is 28.5 Å². The van der Waals surface area contributed by atoms with E-state index in [9.17, 15) is 0 Å². The topological polar surface area (TPSA) is 36.3 Å². The number of hydrogen-bond acceptors (Lipinski definition) is 3. The summed E-state index contributed by atoms with van der Waals surface area (Å²) < 4.78 is 13.8. The summed E-state index contributed by atoms with van der Waals surface area (Å²) in [6, 6.07) is 22.1. The van der Waals surface area contributed by atoms with Crippen LogP contribution >= 0.6 is 11.6 Å². The molecule has 1 aromatic heterocycles. The number of imidazole rings is 1. The van der Waals surface area contributed by atoms with E-state index in [0.717, 1.165) is 58.9 Å². The number of methoxy groups -OCH3 is 1. The van der Waals surface area contributed by atoms with E-state index in [1.165, 1.54) is 0 Å². The van der Waals surface area contributed by atoms with Crippen molar-refractivity contribution in [3.05, 3.63) is 83.4 Å². The molecule has 0 fully saturated rings. The van der Waals surface area contributed by atoms with E-state index in [2.05, 4.69) is 22.8 Å². The molecule has 164 valence electrons. The summed E-state index contributed by atoms with van der Waals surface area (Å²) >= 11 is 6.23. The summed E-state index contributed by atoms with van der Waals surface area (Å²) in [6.45, 7) is 3.47. The van der Waals surface area contributed by atoms with Gasteiger partial charge in [-0.05, 0) is 61.7 Å². The Labute approximate surface area is 194 Å². The molecule has 0 unspecified atom stereocenters. The van der Waals surface area contributed by atoms with Gasteiger partial charge < -0.3 is 14.0 Å². The molecule has 0 saturated carbocycles. The van der Waals surface area contributed by atoms with Crippen molar-refractivity contribution in [2.24, 2.45) is 0 Å². The number of nitrogens with zero attached hydrogens (tertiary/aromatic N) is 2. The van der Waals surface area contributed by atoms with Gasteiger partial charge >= 0.3 is 0 Å². The fourth-order valence-electron chi connectivity index (χ4n) is 3.80. The van der Waals surface area contributed by atoms with E-state index in [-0.39, 0.29) is 0 Å². The molecular weight excluding hydrogens is 420 g/mol. The first-order chi connectivity index (χ1) is 15.7. The Kier molecular flexibility index (Phi) is 7.13. The third kappa shape index (κ3) is 4.97. The van der Waals surface area contributed by atoms with Gasteiger partial charge in [0.2, 0.25) is 0 Å². The molecule has 0 spiro atoms. The molecule has 0 aliphatic rings. The van der Waals surface area contributed by atoms with Crippen molar-refractivity contribution in [2.75, 3.05) is 13.7 Å². The Hall–Kier alpha value is -3.24. The molecule has 4 rings (SSSR count). The van der Waals surface area contributed by atoms with Gasteiger partial charge in [0, 0.05) is 17.1 Å². The van der Waals surface area contributed by atoms with Crippen molar-refractivity contribution < 1.29 is 9.47 Å². The highest BCUT2D eigenvalue weighted by atomic mass is 35.5. The summed E-state index contributed by atoms with van der Waals surface area (Å²) in [6.07, 6.45) is 5.93. The van der Waals surface area contributed by atoms with E-state index < -0.39 is 0 Å². The molecular formula is C27H27ClN2O2. The van der Waals surface area contributed by atoms with Gasteiger partial charge in [-0.15, -0.1) is 0 Å². The van der Waals surface area contributed by atoms with Gasteiger partial charge in [-0.3, -0.25) is 0 Å². The molecule has 32 heavy (non-hydrogen) atoms. The molecule has 5 heteroatoms. The van der Waals surface area contributed by atoms with Crippen LogP contribution in [0.4, 0.5) is 0 Å². The van der Waals surface area contributed by atoms with Crippen LogP contribution in [0.3, 0.4) is 0 Å². The number of aryl methyl sites for hydroxylation is 1. The summed E-state index contributed by atoms with van der Waals surface area (Å²) in [5.41, 5.74) is 4.24. The Balaban J connectivity index is 1.43. The maximum atomic E-state index is 6.23. The predicted molar refractivity (Wildman–Crippen MR) is 133 cm³/mol. The number of allylic oxidation sites excluding steroid dienone is 1. The molecule has 0 N–H and O–H groups in total. The Morgan fingerprint density at radius 1 is 0.969 bits per heavy atom. The third-order valence-corrected chi connectivity index (χ3v) is 5.55. The summed E-state index contributed by atoms with van der Waals surface area (Å²) in [5, 5.41) is 0.712. The second-order valence-corrected chi connectivity index (χ2v) is 7.99. The lowest BCUT2D eigenvalue weighted by Gasteiger charge is -2.12. The van der Waals surface area contributed by atoms with Gasteiger partial charge in [0.1, 0.15) is 5.82 Å². The predicted octanol–water partition coefficient (Wildman–Crippen LogP) is 7.26. The van der Waals surface area contributed by atoms with Crippen LogP contribution in [0.5, 0.6) is 11.5 Å². The minimum Gasteiger partial charge on any atom is -0.493 e. The van der Waals surface area contributed by atoms with E-state index in [4.69, 9.17) is 26.1 Å². The monoisotopic (exact) mass is 446 g/mol. The molecule has 4 aromatic rings. The zero-order valence-electron chi connectivity index (χ0n) is 18.4. The summed E-state index contributed by atoms with van der Waals surface area (Å²) in [4.78, 5) is 4.87. The fourth-order valence-corrected chi connectivity index (χ4v) is 3.99. The number of unbranched alkanes of at least 4 members (excludes halogenated alkanes) is 1. The van der Waals surface area contributed by atoms with Gasteiger partial charge in [-0.2, -0.15) is 0 Å². The SMILES string of the molecule is C/C=C/c1ccc(OCCCCn2c(-c3cccc(Cl)c3)nc3ccccc32)c(OC)c1. The second kappa shape index (κ2) is 10.4. The van der Waals surface area contributed by atoms with E-state index >= 15 is 0 Å². The van der Waals surface area contributed by atoms with Crippen molar-refractivity contribution in [3.63, 3.8) is 0 Å². The van der Waals surface area contributed by atoms with Crippen LogP contribution < -0.4 is 9.47 Å². The maximum absolute atomic E-state index is 6.23. The quantitative estimate of drug-likeness (QED) is 0.254. The molecule has 0 bridgehead atoms. The van der Waals surface area contributed by atoms with Crippen LogP contribution in [-0.2, 0) is 6.54 Å². The minimum atomic E-state index is 0.623. The normalized spacial score (nSPS) is 11.3. The number of halogens is 1. The number of benzene rings is 3. The number of hydrogen-bond donors (Lipinski definition) is 0. The minimum absolute atomic E-state index is 0.623. The van der Waals surface area contributed by atoms with Gasteiger partial charge in [0.15, 0.2) is 11.5 Å². The number of fused-ring (bicyclic) bond motifs is 1. The van der Waals surface area contributed by atoms with Crippen LogP contribution in [-0.4, -0.2) is 23.3 Å². The van der Waals surface area contributed by atoms with Gasteiger partial charge in [0.05, 0.1) is 24.8 Å². The average Bonchev–Trinajstić information content (AvgIpc) is 3.18. The molecule has 3 aromatic carbocycles. The lowest BCUT2D eigenvalue weighted by atomic mass is 10.2. The number of para-hydroxylation sites is 2. The zero-order valence-corrected chi connectivity index (χ0v) is 19.2. The highest BCUT2D eigenvalue weighted by molar-refractivity contribution is 6.30. The van der Waals surface area contributed by atoms with Crippen molar-refractivity contribution in [3.8, 4) is 22.9 Å². The molecule has 0 aliphatic carbocycles. The number of rotatable bonds is 9. The van der Waals surface area contributed by atoms with Crippen molar-refractivity contribution in [2.45, 2.75) is 26.3 Å². The molecule has 0 radical (unpaired) electrons. The first kappa shape index (κ1) is 22.0. The van der Waals surface area contributed by atoms with Crippen LogP contribution in [0.2, 0.25) is 5.02 Å². The van der Waals surface area contributed by atoms with Crippen molar-refractivity contribution in [1.82, 2.24) is 9.55 Å². The van der Waals surface area contributed by atoms with Gasteiger partial charge in [-0.1, -0.05) is 54.1 Å². The maximum Gasteiger partial charge on any atom is 0.161 e. The van der Waals surface area contributed by atoms with Crippen LogP contribution in [0, 0.1) is 0 Å². The third-order valence-electron chi connectivity index (χ3n) is 5.32. The van der Waals surface area contributed by atoms with Crippen LogP contribution in [0.15, 0.2) is 72.8 Å². The smallest absolute Gasteiger partial charge is 0.161 e. The average molecular weight is 447 g/mol. The largest absolute Gasteiger partial charge is 0.493 e. The summed E-state index contributed by atoms with van der Waals surface area (Å²) in [5.74, 6) is 2.47. The second-order valence-electron chi connectivity index (χ2n) is 7.55. The van der Waals surface area contributed by atoms with Gasteiger partial charge in [0.25, 0.3) is 0 Å². The molecule has 4 nitrogen and oxygen atoms in total. The Morgan fingerprint density at radius 2 is 1.84 bits per heavy atom. The van der Waals surface area contributed by atoms with Crippen molar-refractivity contribution >= 4 is 28.7 Å². The lowest BCUT2D eigenvalue weighted by Crippen LogP contribution is -2.04. The standard InChI is InChI=1S/C27H27ClN2O2/c1-3-9-20-14-15-25(26(18-20)31-2)32-17-7-6-16-30-24-13-5-4-12-23(24)29-27(30)21-10-8-11-22(28)19-21/h3-5,8-15,18-19H,6-7,16-17H2,1-2H3/b9-3+. The number of aromatic nitrogens is 2. The fraction of sp³-hybridized carbons (Fsp3) is 0.222. The van der Waals surface area contributed by atoms with Crippen molar-refractivity contribution in [1.29, 1.82) is 0 Å². The Morgan fingerprint density at radius 3 is 2.66 bits per heavy atom. The molecule has 0 amide bonds. The van der Waals surface area contributed by atoms with E-state index in [0.29, 0.717) is 11.6 Å². The van der Waals surface area contributed by atoms with Gasteiger partial charge in [-0.25, -0.2) is 4.98 Å². The molecule has 0 aliphatic heterocycles.